The van der Waals surface area contributed by atoms with E-state index >= 15 is 0 Å². The van der Waals surface area contributed by atoms with Crippen LogP contribution in [0.5, 0.6) is 0 Å². The molecule has 0 bridgehead atoms. The molecule has 5 heteroatoms. The summed E-state index contributed by atoms with van der Waals surface area (Å²) in [6.45, 7) is 5.28. The Bertz CT molecular complexity index is 523. The van der Waals surface area contributed by atoms with Gasteiger partial charge in [-0.2, -0.15) is 0 Å². The lowest BCUT2D eigenvalue weighted by Gasteiger charge is -2.33. The Morgan fingerprint density at radius 1 is 1.24 bits per heavy atom. The number of carbonyl (C=O) groups is 2. The zero-order valence-corrected chi connectivity index (χ0v) is 14.0. The molecule has 114 valence electrons. The first-order chi connectivity index (χ1) is 9.99. The summed E-state index contributed by atoms with van der Waals surface area (Å²) in [6.07, 6.45) is 1.63. The van der Waals surface area contributed by atoms with E-state index in [1.54, 1.807) is 6.07 Å². The van der Waals surface area contributed by atoms with Gasteiger partial charge in [0.1, 0.15) is 0 Å². The van der Waals surface area contributed by atoms with Gasteiger partial charge in [0.15, 0.2) is 0 Å². The molecule has 1 aliphatic rings. The van der Waals surface area contributed by atoms with E-state index < -0.39 is 0 Å². The molecule has 1 aliphatic heterocycles. The molecule has 0 saturated carbocycles. The van der Waals surface area contributed by atoms with E-state index in [4.69, 9.17) is 0 Å². The first-order valence-electron chi connectivity index (χ1n) is 7.33. The fourth-order valence-electron chi connectivity index (χ4n) is 2.52. The molecule has 0 aliphatic carbocycles. The summed E-state index contributed by atoms with van der Waals surface area (Å²) >= 11 is 3.39. The lowest BCUT2D eigenvalue weighted by atomic mass is 10.0. The molecule has 0 aromatic heterocycles. The molecule has 1 aromatic rings. The van der Waals surface area contributed by atoms with Crippen LogP contribution in [-0.2, 0) is 4.79 Å². The summed E-state index contributed by atoms with van der Waals surface area (Å²) in [6, 6.07) is 7.54. The lowest BCUT2D eigenvalue weighted by molar-refractivity contribution is -0.135. The third kappa shape index (κ3) is 4.06. The average Bonchev–Trinajstić information content (AvgIpc) is 2.47. The molecule has 2 rings (SSSR count). The van der Waals surface area contributed by atoms with Gasteiger partial charge in [-0.05, 0) is 40.9 Å². The quantitative estimate of drug-likeness (QED) is 0.909. The van der Waals surface area contributed by atoms with Crippen molar-refractivity contribution in [3.8, 4) is 0 Å². The van der Waals surface area contributed by atoms with Crippen LogP contribution < -0.4 is 5.32 Å². The van der Waals surface area contributed by atoms with Crippen LogP contribution in [0.25, 0.3) is 0 Å². The number of hydrogen-bond acceptors (Lipinski definition) is 2. The summed E-state index contributed by atoms with van der Waals surface area (Å²) in [7, 11) is 0. The molecule has 0 spiro atoms. The largest absolute Gasteiger partial charge is 0.349 e. The molecule has 2 amide bonds. The van der Waals surface area contributed by atoms with Crippen molar-refractivity contribution < 1.29 is 9.59 Å². The van der Waals surface area contributed by atoms with Crippen LogP contribution in [0.3, 0.4) is 0 Å². The molecule has 1 aromatic carbocycles. The van der Waals surface area contributed by atoms with Crippen molar-refractivity contribution in [2.45, 2.75) is 32.7 Å². The van der Waals surface area contributed by atoms with E-state index in [1.807, 2.05) is 36.9 Å². The van der Waals surface area contributed by atoms with Gasteiger partial charge >= 0.3 is 0 Å². The molecule has 1 fully saturated rings. The van der Waals surface area contributed by atoms with Crippen LogP contribution in [0.1, 0.15) is 37.0 Å². The van der Waals surface area contributed by atoms with Gasteiger partial charge in [-0.1, -0.05) is 26.0 Å². The molecular weight excluding hydrogens is 332 g/mol. The number of carbonyl (C=O) groups excluding carboxylic acids is 2. The molecule has 1 N–H and O–H groups in total. The first kappa shape index (κ1) is 16.0. The first-order valence-corrected chi connectivity index (χ1v) is 8.12. The maximum absolute atomic E-state index is 12.2. The van der Waals surface area contributed by atoms with E-state index in [2.05, 4.69) is 21.2 Å². The van der Waals surface area contributed by atoms with Crippen LogP contribution in [-0.4, -0.2) is 35.8 Å². The molecule has 1 heterocycles. The minimum absolute atomic E-state index is 0.0383. The van der Waals surface area contributed by atoms with Crippen LogP contribution in [0.2, 0.25) is 0 Å². The lowest BCUT2D eigenvalue weighted by Crippen LogP contribution is -2.47. The Kier molecular flexibility index (Phi) is 5.39. The van der Waals surface area contributed by atoms with Gasteiger partial charge < -0.3 is 10.2 Å². The number of nitrogens with one attached hydrogen (secondary N) is 1. The predicted octanol–water partition coefficient (Wildman–Crippen LogP) is 2.83. The Morgan fingerprint density at radius 3 is 2.43 bits per heavy atom. The molecule has 0 atom stereocenters. The van der Waals surface area contributed by atoms with Crippen molar-refractivity contribution >= 4 is 27.7 Å². The average molecular weight is 353 g/mol. The van der Waals surface area contributed by atoms with Crippen LogP contribution in [0.4, 0.5) is 0 Å². The zero-order valence-electron chi connectivity index (χ0n) is 12.4. The third-order valence-electron chi connectivity index (χ3n) is 3.75. The fraction of sp³-hybridized carbons (Fsp3) is 0.500. The summed E-state index contributed by atoms with van der Waals surface area (Å²) in [5.41, 5.74) is 0.651. The van der Waals surface area contributed by atoms with Gasteiger partial charge in [0, 0.05) is 29.5 Å². The normalized spacial score (nSPS) is 16.1. The molecule has 0 radical (unpaired) electrons. The summed E-state index contributed by atoms with van der Waals surface area (Å²) < 4.78 is 0.801. The van der Waals surface area contributed by atoms with Gasteiger partial charge in [-0.25, -0.2) is 0 Å². The molecule has 1 saturated heterocycles. The van der Waals surface area contributed by atoms with Gasteiger partial charge in [0.05, 0.1) is 5.56 Å². The highest BCUT2D eigenvalue weighted by atomic mass is 79.9. The molecule has 0 unspecified atom stereocenters. The highest BCUT2D eigenvalue weighted by Gasteiger charge is 2.25. The van der Waals surface area contributed by atoms with Gasteiger partial charge in [-0.15, -0.1) is 0 Å². The zero-order chi connectivity index (χ0) is 15.4. The summed E-state index contributed by atoms with van der Waals surface area (Å²) in [5.74, 6) is 0.179. The summed E-state index contributed by atoms with van der Waals surface area (Å²) in [5, 5.41) is 3.06. The number of rotatable bonds is 3. The topological polar surface area (TPSA) is 49.4 Å². The van der Waals surface area contributed by atoms with E-state index in [9.17, 15) is 9.59 Å². The van der Waals surface area contributed by atoms with Crippen molar-refractivity contribution in [1.82, 2.24) is 10.2 Å². The number of likely N-dealkylation sites (tertiary alicyclic amines) is 1. The van der Waals surface area contributed by atoms with Crippen LogP contribution >= 0.6 is 15.9 Å². The second-order valence-electron chi connectivity index (χ2n) is 5.71. The van der Waals surface area contributed by atoms with E-state index in [-0.39, 0.29) is 23.8 Å². The Morgan fingerprint density at radius 2 is 1.86 bits per heavy atom. The highest BCUT2D eigenvalue weighted by Crippen LogP contribution is 2.18. The summed E-state index contributed by atoms with van der Waals surface area (Å²) in [4.78, 5) is 26.1. The third-order valence-corrected chi connectivity index (χ3v) is 4.45. The number of halogens is 1. The van der Waals surface area contributed by atoms with Crippen LogP contribution in [0, 0.1) is 5.92 Å². The van der Waals surface area contributed by atoms with Crippen molar-refractivity contribution in [2.24, 2.45) is 5.92 Å². The molecule has 21 heavy (non-hydrogen) atoms. The Balaban J connectivity index is 1.88. The molecular formula is C16H21BrN2O2. The van der Waals surface area contributed by atoms with Crippen LogP contribution in [0.15, 0.2) is 28.7 Å². The second kappa shape index (κ2) is 7.07. The smallest absolute Gasteiger partial charge is 0.252 e. The van der Waals surface area contributed by atoms with Gasteiger partial charge in [0.25, 0.3) is 5.91 Å². The fourth-order valence-corrected chi connectivity index (χ4v) is 2.98. The number of nitrogens with zero attached hydrogens (tertiary/aromatic N) is 1. The van der Waals surface area contributed by atoms with Gasteiger partial charge in [0.2, 0.25) is 5.91 Å². The van der Waals surface area contributed by atoms with Crippen molar-refractivity contribution in [3.05, 3.63) is 34.3 Å². The molecule has 4 nitrogen and oxygen atoms in total. The van der Waals surface area contributed by atoms with Crippen molar-refractivity contribution in [2.75, 3.05) is 13.1 Å². The number of amides is 2. The van der Waals surface area contributed by atoms with Crippen molar-refractivity contribution in [3.63, 3.8) is 0 Å². The minimum atomic E-state index is -0.0592. The Hall–Kier alpha value is -1.36. The highest BCUT2D eigenvalue weighted by molar-refractivity contribution is 9.10. The maximum atomic E-state index is 12.2. The number of hydrogen-bond donors (Lipinski definition) is 1. The van der Waals surface area contributed by atoms with E-state index in [1.165, 1.54) is 0 Å². The maximum Gasteiger partial charge on any atom is 0.252 e. The standard InChI is InChI=1S/C16H21BrN2O2/c1-11(2)16(21)19-9-7-12(8-10-19)18-15(20)13-5-3-4-6-14(13)17/h3-6,11-12H,7-10H2,1-2H3,(H,18,20). The monoisotopic (exact) mass is 352 g/mol. The second-order valence-corrected chi connectivity index (χ2v) is 6.56. The SMILES string of the molecule is CC(C)C(=O)N1CCC(NC(=O)c2ccccc2Br)CC1. The predicted molar refractivity (Wildman–Crippen MR) is 86.0 cm³/mol. The van der Waals surface area contributed by atoms with E-state index in [0.29, 0.717) is 5.56 Å². The Labute approximate surface area is 134 Å². The minimum Gasteiger partial charge on any atom is -0.349 e. The number of piperidine rings is 1. The van der Waals surface area contributed by atoms with Crippen molar-refractivity contribution in [1.29, 1.82) is 0 Å². The van der Waals surface area contributed by atoms with E-state index in [0.717, 1.165) is 30.4 Å². The number of benzene rings is 1. The van der Waals surface area contributed by atoms with Gasteiger partial charge in [-0.3, -0.25) is 9.59 Å².